The fourth-order valence-corrected chi connectivity index (χ4v) is 3.31. The van der Waals surface area contributed by atoms with Gasteiger partial charge in [-0.05, 0) is 30.9 Å². The number of carbonyl (C=O) groups excluding carboxylic acids is 2. The summed E-state index contributed by atoms with van der Waals surface area (Å²) >= 11 is 0. The molecule has 1 aliphatic rings. The topological polar surface area (TPSA) is 52.6 Å². The van der Waals surface area contributed by atoms with Gasteiger partial charge >= 0.3 is 11.9 Å². The molecule has 0 atom stereocenters. The van der Waals surface area contributed by atoms with Crippen LogP contribution in [-0.4, -0.2) is 25.2 Å². The Morgan fingerprint density at radius 3 is 2.12 bits per heavy atom. The van der Waals surface area contributed by atoms with E-state index in [1.54, 1.807) is 24.3 Å². The van der Waals surface area contributed by atoms with Crippen LogP contribution in [0, 0.1) is 5.92 Å². The van der Waals surface area contributed by atoms with Crippen molar-refractivity contribution in [1.29, 1.82) is 0 Å². The van der Waals surface area contributed by atoms with Gasteiger partial charge in [-0.2, -0.15) is 0 Å². The van der Waals surface area contributed by atoms with Crippen LogP contribution in [0.3, 0.4) is 0 Å². The van der Waals surface area contributed by atoms with Crippen molar-refractivity contribution < 1.29 is 19.1 Å². The number of unbranched alkanes of at least 4 members (excludes halogenated alkanes) is 2. The molecule has 0 spiro atoms. The molecule has 138 valence electrons. The molecule has 0 amide bonds. The van der Waals surface area contributed by atoms with Crippen LogP contribution in [0.2, 0.25) is 0 Å². The maximum absolute atomic E-state index is 12.4. The summed E-state index contributed by atoms with van der Waals surface area (Å²) in [5.74, 6) is -0.215. The third-order valence-electron chi connectivity index (χ3n) is 4.83. The minimum atomic E-state index is -0.448. The minimum Gasteiger partial charge on any atom is -0.462 e. The molecule has 2 rings (SSSR count). The lowest BCUT2D eigenvalue weighted by molar-refractivity contribution is 0.0438. The molecule has 0 aliphatic heterocycles. The van der Waals surface area contributed by atoms with E-state index in [1.807, 2.05) is 0 Å². The molecule has 0 N–H and O–H groups in total. The molecule has 0 aromatic heterocycles. The molecule has 1 aromatic carbocycles. The molecular formula is C21H30O4. The average molecular weight is 346 g/mol. The second kappa shape index (κ2) is 10.9. The van der Waals surface area contributed by atoms with Gasteiger partial charge in [0.1, 0.15) is 0 Å². The van der Waals surface area contributed by atoms with Gasteiger partial charge in [0.15, 0.2) is 0 Å². The summed E-state index contributed by atoms with van der Waals surface area (Å²) in [5.41, 5.74) is 0.591. The second-order valence-electron chi connectivity index (χ2n) is 6.82. The van der Waals surface area contributed by atoms with E-state index in [2.05, 4.69) is 6.92 Å². The van der Waals surface area contributed by atoms with Crippen LogP contribution in [0.15, 0.2) is 24.3 Å². The molecule has 1 fully saturated rings. The van der Waals surface area contributed by atoms with Crippen LogP contribution < -0.4 is 0 Å². The average Bonchev–Trinajstić information content (AvgIpc) is 2.66. The van der Waals surface area contributed by atoms with Gasteiger partial charge < -0.3 is 9.47 Å². The molecule has 25 heavy (non-hydrogen) atoms. The summed E-state index contributed by atoms with van der Waals surface area (Å²) in [5, 5.41) is 0. The molecule has 0 heterocycles. The van der Waals surface area contributed by atoms with Crippen LogP contribution in [-0.2, 0) is 9.47 Å². The second-order valence-corrected chi connectivity index (χ2v) is 6.82. The molecule has 4 heteroatoms. The Hall–Kier alpha value is -1.84. The summed E-state index contributed by atoms with van der Waals surface area (Å²) in [7, 11) is 0. The van der Waals surface area contributed by atoms with Gasteiger partial charge in [0, 0.05) is 0 Å². The lowest BCUT2D eigenvalue weighted by Crippen LogP contribution is -2.16. The van der Waals surface area contributed by atoms with Crippen LogP contribution in [0.4, 0.5) is 0 Å². The normalized spacial score (nSPS) is 14.9. The van der Waals surface area contributed by atoms with Crippen molar-refractivity contribution >= 4 is 11.9 Å². The molecule has 4 nitrogen and oxygen atoms in total. The lowest BCUT2D eigenvalue weighted by atomic mass is 9.87. The first-order valence-electron chi connectivity index (χ1n) is 9.65. The number of hydrogen-bond donors (Lipinski definition) is 0. The largest absolute Gasteiger partial charge is 0.462 e. The van der Waals surface area contributed by atoms with Crippen molar-refractivity contribution in [1.82, 2.24) is 0 Å². The van der Waals surface area contributed by atoms with Gasteiger partial charge in [0.25, 0.3) is 0 Å². The fraction of sp³-hybridized carbons (Fsp3) is 0.619. The number of benzene rings is 1. The predicted octanol–water partition coefficient (Wildman–Crippen LogP) is 5.16. The van der Waals surface area contributed by atoms with E-state index in [-0.39, 0.29) is 0 Å². The molecule has 0 bridgehead atoms. The van der Waals surface area contributed by atoms with E-state index >= 15 is 0 Å². The monoisotopic (exact) mass is 346 g/mol. The predicted molar refractivity (Wildman–Crippen MR) is 97.7 cm³/mol. The Morgan fingerprint density at radius 1 is 0.920 bits per heavy atom. The molecule has 0 radical (unpaired) electrons. The first-order valence-corrected chi connectivity index (χ1v) is 9.65. The third-order valence-corrected chi connectivity index (χ3v) is 4.83. The number of esters is 2. The molecule has 0 unspecified atom stereocenters. The summed E-state index contributed by atoms with van der Waals surface area (Å²) in [6.07, 6.45) is 10.2. The first kappa shape index (κ1) is 19.5. The summed E-state index contributed by atoms with van der Waals surface area (Å²) in [4.78, 5) is 24.6. The highest BCUT2D eigenvalue weighted by Crippen LogP contribution is 2.26. The smallest absolute Gasteiger partial charge is 0.339 e. The molecule has 1 saturated carbocycles. The number of rotatable bonds is 9. The Bertz CT molecular complexity index is 547. The van der Waals surface area contributed by atoms with Gasteiger partial charge in [-0.1, -0.05) is 64.0 Å². The summed E-state index contributed by atoms with van der Waals surface area (Å²) in [6, 6.07) is 6.73. The molecular weight excluding hydrogens is 316 g/mol. The fourth-order valence-electron chi connectivity index (χ4n) is 3.31. The molecule has 0 saturated heterocycles. The zero-order chi connectivity index (χ0) is 17.9. The van der Waals surface area contributed by atoms with Gasteiger partial charge in [-0.15, -0.1) is 0 Å². The van der Waals surface area contributed by atoms with E-state index in [9.17, 15) is 9.59 Å². The standard InChI is InChI=1S/C21H30O4/c1-2-3-9-15-24-20(22)18-12-7-8-13-19(18)21(23)25-16-14-17-10-5-4-6-11-17/h7-8,12-13,17H,2-6,9-11,14-16H2,1H3. The van der Waals surface area contributed by atoms with E-state index in [0.717, 1.165) is 25.7 Å². The first-order chi connectivity index (χ1) is 12.2. The van der Waals surface area contributed by atoms with Crippen LogP contribution >= 0.6 is 0 Å². The van der Waals surface area contributed by atoms with E-state index in [4.69, 9.17) is 9.47 Å². The molecule has 1 aromatic rings. The minimum absolute atomic E-state index is 0.293. The zero-order valence-electron chi connectivity index (χ0n) is 15.3. The van der Waals surface area contributed by atoms with Crippen molar-refractivity contribution in [2.24, 2.45) is 5.92 Å². The van der Waals surface area contributed by atoms with Crippen molar-refractivity contribution in [3.8, 4) is 0 Å². The third kappa shape index (κ3) is 6.52. The van der Waals surface area contributed by atoms with Crippen LogP contribution in [0.1, 0.15) is 85.4 Å². The number of carbonyl (C=O) groups is 2. The SMILES string of the molecule is CCCCCOC(=O)c1ccccc1C(=O)OCCC1CCCCC1. The van der Waals surface area contributed by atoms with Gasteiger partial charge in [0.05, 0.1) is 24.3 Å². The lowest BCUT2D eigenvalue weighted by Gasteiger charge is -2.21. The number of hydrogen-bond acceptors (Lipinski definition) is 4. The van der Waals surface area contributed by atoms with E-state index in [0.29, 0.717) is 30.3 Å². The van der Waals surface area contributed by atoms with E-state index < -0.39 is 11.9 Å². The van der Waals surface area contributed by atoms with Crippen molar-refractivity contribution in [3.05, 3.63) is 35.4 Å². The summed E-state index contributed by atoms with van der Waals surface area (Å²) in [6.45, 7) is 2.90. The number of ether oxygens (including phenoxy) is 2. The van der Waals surface area contributed by atoms with Crippen molar-refractivity contribution in [3.63, 3.8) is 0 Å². The highest BCUT2D eigenvalue weighted by atomic mass is 16.5. The Labute approximate surface area is 150 Å². The summed E-state index contributed by atoms with van der Waals surface area (Å²) < 4.78 is 10.7. The Balaban J connectivity index is 1.85. The van der Waals surface area contributed by atoms with Gasteiger partial charge in [-0.25, -0.2) is 9.59 Å². The van der Waals surface area contributed by atoms with Crippen LogP contribution in [0.25, 0.3) is 0 Å². The Morgan fingerprint density at radius 2 is 1.52 bits per heavy atom. The Kier molecular flexibility index (Phi) is 8.50. The maximum atomic E-state index is 12.4. The molecule has 1 aliphatic carbocycles. The van der Waals surface area contributed by atoms with Crippen molar-refractivity contribution in [2.45, 2.75) is 64.7 Å². The van der Waals surface area contributed by atoms with Crippen molar-refractivity contribution in [2.75, 3.05) is 13.2 Å². The van der Waals surface area contributed by atoms with Gasteiger partial charge in [0.2, 0.25) is 0 Å². The highest BCUT2D eigenvalue weighted by Gasteiger charge is 2.20. The van der Waals surface area contributed by atoms with E-state index in [1.165, 1.54) is 32.1 Å². The van der Waals surface area contributed by atoms with Gasteiger partial charge in [-0.3, -0.25) is 0 Å². The highest BCUT2D eigenvalue weighted by molar-refractivity contribution is 6.03. The maximum Gasteiger partial charge on any atom is 0.339 e. The quantitative estimate of drug-likeness (QED) is 0.458. The van der Waals surface area contributed by atoms with Crippen LogP contribution in [0.5, 0.6) is 0 Å². The zero-order valence-corrected chi connectivity index (χ0v) is 15.3.